The number of pyridine rings is 1. The minimum atomic E-state index is 0.779. The fraction of sp³-hybridized carbons (Fsp3) is 0.0625. The van der Waals surface area contributed by atoms with Gasteiger partial charge < -0.3 is 0 Å². The maximum Gasteiger partial charge on any atom is 0.187 e. The smallest absolute Gasteiger partial charge is 0.187 e. The van der Waals surface area contributed by atoms with E-state index < -0.39 is 0 Å². The second kappa shape index (κ2) is 4.79. The average Bonchev–Trinajstić information content (AvgIpc) is 3.16. The van der Waals surface area contributed by atoms with E-state index in [-0.39, 0.29) is 0 Å². The lowest BCUT2D eigenvalue weighted by molar-refractivity contribution is 1.10. The van der Waals surface area contributed by atoms with E-state index in [0.717, 1.165) is 22.7 Å². The highest BCUT2D eigenvalue weighted by molar-refractivity contribution is 7.07. The Morgan fingerprint density at radius 1 is 1.05 bits per heavy atom. The summed E-state index contributed by atoms with van der Waals surface area (Å²) in [6.07, 6.45) is 2.08. The van der Waals surface area contributed by atoms with Gasteiger partial charge in [-0.3, -0.25) is 4.40 Å². The van der Waals surface area contributed by atoms with Crippen LogP contribution in [0.5, 0.6) is 0 Å². The molecule has 0 aliphatic heterocycles. The third-order valence-corrected chi connectivity index (χ3v) is 4.11. The van der Waals surface area contributed by atoms with Gasteiger partial charge in [0.05, 0.1) is 5.51 Å². The van der Waals surface area contributed by atoms with Crippen LogP contribution in [0, 0.1) is 6.92 Å². The number of aromatic nitrogens is 4. The molecule has 0 aliphatic carbocycles. The molecule has 0 fully saturated rings. The number of benzene rings is 1. The Labute approximate surface area is 125 Å². The molecule has 3 heterocycles. The Balaban J connectivity index is 1.94. The molecule has 21 heavy (non-hydrogen) atoms. The van der Waals surface area contributed by atoms with Crippen molar-refractivity contribution in [1.29, 1.82) is 0 Å². The molecular weight excluding hydrogens is 280 g/mol. The van der Waals surface area contributed by atoms with E-state index in [1.54, 1.807) is 11.3 Å². The molecule has 3 aromatic heterocycles. The van der Waals surface area contributed by atoms with Gasteiger partial charge in [-0.05, 0) is 35.7 Å². The molecule has 4 aromatic rings. The Hall–Kier alpha value is -2.53. The van der Waals surface area contributed by atoms with Crippen molar-refractivity contribution in [3.8, 4) is 22.6 Å². The molecular formula is C16H12N4S. The van der Waals surface area contributed by atoms with Crippen LogP contribution < -0.4 is 0 Å². The molecule has 0 bridgehead atoms. The molecule has 0 saturated heterocycles. The second-order valence-electron chi connectivity index (χ2n) is 4.86. The summed E-state index contributed by atoms with van der Waals surface area (Å²) in [6.45, 7) is 2.12. The fourth-order valence-electron chi connectivity index (χ4n) is 2.44. The molecule has 102 valence electrons. The van der Waals surface area contributed by atoms with Gasteiger partial charge >= 0.3 is 0 Å². The Kier molecular flexibility index (Phi) is 2.79. The lowest BCUT2D eigenvalue weighted by Gasteiger charge is -2.06. The fourth-order valence-corrected chi connectivity index (χ4v) is 2.97. The van der Waals surface area contributed by atoms with Gasteiger partial charge in [-0.2, -0.15) is 0 Å². The third-order valence-electron chi connectivity index (χ3n) is 3.52. The first-order chi connectivity index (χ1) is 10.3. The lowest BCUT2D eigenvalue weighted by Crippen LogP contribution is -1.91. The van der Waals surface area contributed by atoms with Crippen LogP contribution in [0.1, 0.15) is 5.56 Å². The molecule has 0 saturated carbocycles. The van der Waals surface area contributed by atoms with Crippen LogP contribution in [0.4, 0.5) is 0 Å². The van der Waals surface area contributed by atoms with Crippen LogP contribution in [0.3, 0.4) is 0 Å². The van der Waals surface area contributed by atoms with E-state index in [1.165, 1.54) is 11.1 Å². The largest absolute Gasteiger partial charge is 0.280 e. The highest BCUT2D eigenvalue weighted by Crippen LogP contribution is 2.25. The highest BCUT2D eigenvalue weighted by atomic mass is 32.1. The zero-order valence-corrected chi connectivity index (χ0v) is 12.2. The quantitative estimate of drug-likeness (QED) is 0.564. The van der Waals surface area contributed by atoms with Gasteiger partial charge in [0.1, 0.15) is 5.69 Å². The summed E-state index contributed by atoms with van der Waals surface area (Å²) in [6, 6.07) is 12.4. The molecule has 0 amide bonds. The van der Waals surface area contributed by atoms with Gasteiger partial charge in [-0.1, -0.05) is 24.3 Å². The molecule has 0 N–H and O–H groups in total. The monoisotopic (exact) mass is 292 g/mol. The topological polar surface area (TPSA) is 43.1 Å². The van der Waals surface area contributed by atoms with Crippen LogP contribution in [-0.4, -0.2) is 19.6 Å². The first-order valence-electron chi connectivity index (χ1n) is 6.62. The molecule has 5 heteroatoms. The van der Waals surface area contributed by atoms with Gasteiger partial charge in [-0.25, -0.2) is 4.98 Å². The van der Waals surface area contributed by atoms with Gasteiger partial charge in [0.25, 0.3) is 0 Å². The van der Waals surface area contributed by atoms with E-state index >= 15 is 0 Å². The Bertz CT molecular complexity index is 909. The summed E-state index contributed by atoms with van der Waals surface area (Å²) < 4.78 is 2.00. The van der Waals surface area contributed by atoms with Crippen LogP contribution in [-0.2, 0) is 0 Å². The second-order valence-corrected chi connectivity index (χ2v) is 5.58. The van der Waals surface area contributed by atoms with Gasteiger partial charge in [0.2, 0.25) is 0 Å². The van der Waals surface area contributed by atoms with Crippen molar-refractivity contribution in [2.24, 2.45) is 0 Å². The number of nitrogens with zero attached hydrogens (tertiary/aromatic N) is 4. The molecule has 0 aliphatic rings. The number of rotatable bonds is 2. The van der Waals surface area contributed by atoms with Crippen molar-refractivity contribution in [3.63, 3.8) is 0 Å². The SMILES string of the molecule is Cc1ccccc1-c1ccc2nnc(-c3cscn3)n2c1. The minimum absolute atomic E-state index is 0.779. The van der Waals surface area contributed by atoms with E-state index in [4.69, 9.17) is 0 Å². The van der Waals surface area contributed by atoms with E-state index in [0.29, 0.717) is 0 Å². The van der Waals surface area contributed by atoms with Crippen LogP contribution in [0.15, 0.2) is 53.5 Å². The standard InChI is InChI=1S/C16H12N4S/c1-11-4-2-3-5-13(11)12-6-7-15-18-19-16(20(15)8-12)14-9-21-10-17-14/h2-10H,1H3. The first kappa shape index (κ1) is 12.2. The normalized spacial score (nSPS) is 11.1. The summed E-state index contributed by atoms with van der Waals surface area (Å²) in [5.74, 6) is 0.779. The average molecular weight is 292 g/mol. The number of aryl methyl sites for hydroxylation is 1. The van der Waals surface area contributed by atoms with Crippen molar-refractivity contribution in [2.75, 3.05) is 0 Å². The summed E-state index contributed by atoms with van der Waals surface area (Å²) in [7, 11) is 0. The van der Waals surface area contributed by atoms with Crippen LogP contribution in [0.2, 0.25) is 0 Å². The summed E-state index contributed by atoms with van der Waals surface area (Å²) in [5.41, 5.74) is 7.11. The molecule has 0 spiro atoms. The van der Waals surface area contributed by atoms with Crippen molar-refractivity contribution in [1.82, 2.24) is 19.6 Å². The minimum Gasteiger partial charge on any atom is -0.280 e. The van der Waals surface area contributed by atoms with Crippen molar-refractivity contribution in [2.45, 2.75) is 6.92 Å². The van der Waals surface area contributed by atoms with Crippen molar-refractivity contribution >= 4 is 17.0 Å². The molecule has 0 atom stereocenters. The number of thiazole rings is 1. The number of fused-ring (bicyclic) bond motifs is 1. The maximum absolute atomic E-state index is 4.32. The van der Waals surface area contributed by atoms with Crippen LogP contribution in [0.25, 0.3) is 28.3 Å². The molecule has 4 nitrogen and oxygen atoms in total. The summed E-state index contributed by atoms with van der Waals surface area (Å²) >= 11 is 1.56. The zero-order valence-electron chi connectivity index (χ0n) is 11.4. The van der Waals surface area contributed by atoms with Crippen molar-refractivity contribution in [3.05, 3.63) is 59.0 Å². The lowest BCUT2D eigenvalue weighted by atomic mass is 10.0. The third kappa shape index (κ3) is 2.02. The van der Waals surface area contributed by atoms with Gasteiger partial charge in [0, 0.05) is 11.6 Å². The molecule has 4 rings (SSSR count). The summed E-state index contributed by atoms with van der Waals surface area (Å²) in [4.78, 5) is 4.32. The predicted octanol–water partition coefficient (Wildman–Crippen LogP) is 3.83. The molecule has 0 radical (unpaired) electrons. The summed E-state index contributed by atoms with van der Waals surface area (Å²) in [5, 5.41) is 10.4. The first-order valence-corrected chi connectivity index (χ1v) is 7.56. The highest BCUT2D eigenvalue weighted by Gasteiger charge is 2.11. The Morgan fingerprint density at radius 2 is 1.95 bits per heavy atom. The van der Waals surface area contributed by atoms with E-state index in [1.807, 2.05) is 21.4 Å². The predicted molar refractivity (Wildman–Crippen MR) is 84.3 cm³/mol. The van der Waals surface area contributed by atoms with Gasteiger partial charge in [-0.15, -0.1) is 21.5 Å². The van der Waals surface area contributed by atoms with E-state index in [9.17, 15) is 0 Å². The van der Waals surface area contributed by atoms with E-state index in [2.05, 4.69) is 58.6 Å². The zero-order chi connectivity index (χ0) is 14.2. The maximum atomic E-state index is 4.32. The van der Waals surface area contributed by atoms with Crippen molar-refractivity contribution < 1.29 is 0 Å². The van der Waals surface area contributed by atoms with Crippen LogP contribution >= 0.6 is 11.3 Å². The molecule has 0 unspecified atom stereocenters. The number of hydrogen-bond donors (Lipinski definition) is 0. The Morgan fingerprint density at radius 3 is 2.76 bits per heavy atom. The number of hydrogen-bond acceptors (Lipinski definition) is 4. The van der Waals surface area contributed by atoms with Gasteiger partial charge in [0.15, 0.2) is 11.5 Å². The molecule has 1 aromatic carbocycles.